The van der Waals surface area contributed by atoms with Crippen molar-refractivity contribution in [2.75, 3.05) is 0 Å². The van der Waals surface area contributed by atoms with Crippen LogP contribution >= 0.6 is 11.3 Å². The molecule has 0 bridgehead atoms. The van der Waals surface area contributed by atoms with Gasteiger partial charge in [0.05, 0.1) is 22.1 Å². The second kappa shape index (κ2) is 14.2. The largest absolute Gasteiger partial charge is 0.309 e. The lowest BCUT2D eigenvalue weighted by molar-refractivity contribution is 1.07. The molecule has 0 aliphatic heterocycles. The van der Waals surface area contributed by atoms with E-state index in [1.165, 1.54) is 48.1 Å². The summed E-state index contributed by atoms with van der Waals surface area (Å²) < 4.78 is 7.23. The molecule has 9 aromatic carbocycles. The van der Waals surface area contributed by atoms with E-state index in [-0.39, 0.29) is 0 Å². The highest BCUT2D eigenvalue weighted by atomic mass is 32.1. The van der Waals surface area contributed by atoms with Crippen molar-refractivity contribution in [3.05, 3.63) is 212 Å². The molecule has 0 radical (unpaired) electrons. The van der Waals surface area contributed by atoms with Gasteiger partial charge in [0.1, 0.15) is 0 Å². The summed E-state index contributed by atoms with van der Waals surface area (Å²) in [5.74, 6) is 1.91. The maximum Gasteiger partial charge on any atom is 0.165 e. The van der Waals surface area contributed by atoms with E-state index < -0.39 is 0 Å². The van der Waals surface area contributed by atoms with Crippen LogP contribution in [-0.2, 0) is 0 Å². The molecule has 0 aliphatic rings. The van der Waals surface area contributed by atoms with Crippen molar-refractivity contribution in [1.29, 1.82) is 0 Å². The Morgan fingerprint density at radius 3 is 1.51 bits per heavy atom. The van der Waals surface area contributed by atoms with Gasteiger partial charge in [0, 0.05) is 69.8 Å². The lowest BCUT2D eigenvalue weighted by Gasteiger charge is -2.14. The SMILES string of the molecule is c1ccc(-c2ccc3c4cc5c6ccccc6n(-c6ccccc6)c5cc4n(-c4cc(-c5nc(-c6ccccc6)nc(-c6ccccc6)n5)c5sc6ccccc6c5c4)c3c2)cc1. The van der Waals surface area contributed by atoms with E-state index in [1.807, 2.05) is 36.4 Å². The predicted octanol–water partition coefficient (Wildman–Crippen LogP) is 15.1. The summed E-state index contributed by atoms with van der Waals surface area (Å²) >= 11 is 1.79. The second-order valence-corrected chi connectivity index (χ2v) is 17.1. The fourth-order valence-corrected chi connectivity index (χ4v) is 10.7. The van der Waals surface area contributed by atoms with Gasteiger partial charge in [-0.25, -0.2) is 15.0 Å². The number of hydrogen-bond donors (Lipinski definition) is 0. The Balaban J connectivity index is 1.16. The van der Waals surface area contributed by atoms with Crippen LogP contribution in [0.2, 0.25) is 0 Å². The van der Waals surface area contributed by atoms with Crippen molar-refractivity contribution in [3.63, 3.8) is 0 Å². The zero-order valence-corrected chi connectivity index (χ0v) is 34.7. The molecule has 6 heteroatoms. The van der Waals surface area contributed by atoms with E-state index in [9.17, 15) is 0 Å². The number of nitrogens with zero attached hydrogens (tertiary/aromatic N) is 5. The minimum absolute atomic E-state index is 0.637. The van der Waals surface area contributed by atoms with Crippen molar-refractivity contribution in [2.24, 2.45) is 0 Å². The molecule has 0 saturated carbocycles. The summed E-state index contributed by atoms with van der Waals surface area (Å²) in [6.07, 6.45) is 0. The van der Waals surface area contributed by atoms with Crippen LogP contribution in [0.15, 0.2) is 212 Å². The zero-order chi connectivity index (χ0) is 41.4. The molecule has 0 aliphatic carbocycles. The van der Waals surface area contributed by atoms with E-state index in [0.29, 0.717) is 17.5 Å². The minimum atomic E-state index is 0.637. The first-order valence-electron chi connectivity index (χ1n) is 21.2. The summed E-state index contributed by atoms with van der Waals surface area (Å²) in [5.41, 5.74) is 11.9. The van der Waals surface area contributed by atoms with Crippen LogP contribution in [0.3, 0.4) is 0 Å². The van der Waals surface area contributed by atoms with Gasteiger partial charge in [0.25, 0.3) is 0 Å². The van der Waals surface area contributed by atoms with E-state index in [1.54, 1.807) is 11.3 Å². The Kier molecular flexibility index (Phi) is 8.01. The Bertz CT molecular complexity index is 3830. The molecule has 4 heterocycles. The molecule has 5 nitrogen and oxygen atoms in total. The molecule has 63 heavy (non-hydrogen) atoms. The summed E-state index contributed by atoms with van der Waals surface area (Å²) in [4.78, 5) is 15.7. The van der Waals surface area contributed by atoms with Gasteiger partial charge in [-0.15, -0.1) is 11.3 Å². The number of fused-ring (bicyclic) bond motifs is 9. The molecule has 0 fully saturated rings. The molecule has 0 saturated heterocycles. The summed E-state index contributed by atoms with van der Waals surface area (Å²) in [6.45, 7) is 0. The van der Waals surface area contributed by atoms with Gasteiger partial charge in [-0.2, -0.15) is 0 Å². The highest BCUT2D eigenvalue weighted by molar-refractivity contribution is 7.26. The van der Waals surface area contributed by atoms with Crippen molar-refractivity contribution in [2.45, 2.75) is 0 Å². The summed E-state index contributed by atoms with van der Waals surface area (Å²) in [5, 5.41) is 7.21. The minimum Gasteiger partial charge on any atom is -0.309 e. The topological polar surface area (TPSA) is 48.5 Å². The molecule has 4 aromatic heterocycles. The van der Waals surface area contributed by atoms with Gasteiger partial charge in [-0.05, 0) is 65.7 Å². The second-order valence-electron chi connectivity index (χ2n) is 16.0. The van der Waals surface area contributed by atoms with E-state index in [4.69, 9.17) is 15.0 Å². The van der Waals surface area contributed by atoms with Crippen molar-refractivity contribution in [1.82, 2.24) is 24.1 Å². The average molecular weight is 822 g/mol. The monoisotopic (exact) mass is 821 g/mol. The first kappa shape index (κ1) is 35.6. The highest BCUT2D eigenvalue weighted by Gasteiger charge is 2.23. The third kappa shape index (κ3) is 5.73. The van der Waals surface area contributed by atoms with Gasteiger partial charge < -0.3 is 9.13 Å². The Morgan fingerprint density at radius 1 is 0.302 bits per heavy atom. The van der Waals surface area contributed by atoms with Crippen LogP contribution in [0, 0.1) is 0 Å². The first-order valence-corrected chi connectivity index (χ1v) is 22.0. The molecule has 0 amide bonds. The van der Waals surface area contributed by atoms with Crippen LogP contribution < -0.4 is 0 Å². The third-order valence-corrected chi connectivity index (χ3v) is 13.6. The molecule has 13 aromatic rings. The maximum atomic E-state index is 5.30. The molecule has 0 unspecified atom stereocenters. The standard InChI is InChI=1S/C57H35N5S/c1-5-17-36(18-6-1)39-29-30-43-46-34-45-42-25-13-15-27-49(42)61(40-23-11-4-12-24-40)51(45)35-52(46)62(50(43)31-39)41-32-47-44-26-14-16-28-53(44)63-54(47)48(33-41)57-59-55(37-19-7-2-8-20-37)58-56(60-57)38-21-9-3-10-22-38/h1-35H. The van der Waals surface area contributed by atoms with Crippen LogP contribution in [0.4, 0.5) is 0 Å². The fourth-order valence-electron chi connectivity index (χ4n) is 9.46. The number of benzene rings is 9. The van der Waals surface area contributed by atoms with Crippen LogP contribution in [0.25, 0.3) is 120 Å². The molecular weight excluding hydrogens is 787 g/mol. The molecule has 294 valence electrons. The van der Waals surface area contributed by atoms with Gasteiger partial charge in [0.15, 0.2) is 17.5 Å². The van der Waals surface area contributed by atoms with Gasteiger partial charge in [-0.3, -0.25) is 0 Å². The third-order valence-electron chi connectivity index (χ3n) is 12.3. The van der Waals surface area contributed by atoms with E-state index in [2.05, 4.69) is 185 Å². The lowest BCUT2D eigenvalue weighted by Crippen LogP contribution is -2.01. The van der Waals surface area contributed by atoms with Crippen molar-refractivity contribution in [3.8, 4) is 56.7 Å². The summed E-state index contributed by atoms with van der Waals surface area (Å²) in [6, 6.07) is 75.7. The predicted molar refractivity (Wildman–Crippen MR) is 263 cm³/mol. The van der Waals surface area contributed by atoms with Crippen LogP contribution in [0.1, 0.15) is 0 Å². The Labute approximate surface area is 366 Å². The number of para-hydroxylation sites is 2. The Hall–Kier alpha value is -8.19. The van der Waals surface area contributed by atoms with Crippen molar-refractivity contribution < 1.29 is 0 Å². The zero-order valence-electron chi connectivity index (χ0n) is 33.9. The lowest BCUT2D eigenvalue weighted by atomic mass is 10.0. The van der Waals surface area contributed by atoms with Crippen LogP contribution in [0.5, 0.6) is 0 Å². The van der Waals surface area contributed by atoms with Gasteiger partial charge >= 0.3 is 0 Å². The first-order chi connectivity index (χ1) is 31.2. The normalized spacial score (nSPS) is 11.8. The molecule has 0 atom stereocenters. The van der Waals surface area contributed by atoms with E-state index in [0.717, 1.165) is 54.9 Å². The number of thiophene rings is 1. The molecular formula is C57H35N5S. The summed E-state index contributed by atoms with van der Waals surface area (Å²) in [7, 11) is 0. The quantitative estimate of drug-likeness (QED) is 0.168. The molecule has 0 N–H and O–H groups in total. The van der Waals surface area contributed by atoms with Gasteiger partial charge in [-0.1, -0.05) is 158 Å². The number of rotatable bonds is 6. The van der Waals surface area contributed by atoms with E-state index >= 15 is 0 Å². The fraction of sp³-hybridized carbons (Fsp3) is 0. The van der Waals surface area contributed by atoms with Crippen molar-refractivity contribution >= 4 is 75.1 Å². The maximum absolute atomic E-state index is 5.30. The number of aromatic nitrogens is 5. The molecule has 0 spiro atoms. The Morgan fingerprint density at radius 2 is 0.825 bits per heavy atom. The molecule has 13 rings (SSSR count). The average Bonchev–Trinajstić information content (AvgIpc) is 4.01. The highest BCUT2D eigenvalue weighted by Crippen LogP contribution is 2.45. The number of hydrogen-bond acceptors (Lipinski definition) is 4. The smallest absolute Gasteiger partial charge is 0.165 e. The van der Waals surface area contributed by atoms with Gasteiger partial charge in [0.2, 0.25) is 0 Å². The van der Waals surface area contributed by atoms with Crippen LogP contribution in [-0.4, -0.2) is 24.1 Å².